The summed E-state index contributed by atoms with van der Waals surface area (Å²) in [4.78, 5) is 37.0. The maximum atomic E-state index is 13.3. The SMILES string of the molecule is CC(=O)OCn1cc(/C=C(\C(=O)CC(=O)OC(C)(C)C)c2ccccc2C)c2ccccc21. The number of carbonyl (C=O) groups is 3. The predicted octanol–water partition coefficient (Wildman–Crippen LogP) is 5.31. The van der Waals surface area contributed by atoms with Gasteiger partial charge < -0.3 is 14.0 Å². The molecule has 6 heteroatoms. The number of allylic oxidation sites excluding steroid dienone is 1. The molecule has 3 aromatic rings. The molecule has 0 radical (unpaired) electrons. The van der Waals surface area contributed by atoms with E-state index in [0.717, 1.165) is 27.6 Å². The molecule has 0 fully saturated rings. The van der Waals surface area contributed by atoms with Crippen molar-refractivity contribution in [3.05, 3.63) is 71.4 Å². The number of ketones is 1. The molecule has 33 heavy (non-hydrogen) atoms. The lowest BCUT2D eigenvalue weighted by Gasteiger charge is -2.19. The molecule has 1 heterocycles. The number of fused-ring (bicyclic) bond motifs is 1. The fourth-order valence-electron chi connectivity index (χ4n) is 3.60. The molecule has 172 valence electrons. The standard InChI is InChI=1S/C27H29NO5/c1-18-10-6-7-11-21(18)23(25(30)15-26(31)33-27(3,4)5)14-20-16-28(17-32-19(2)29)24-13-9-8-12-22(20)24/h6-14,16H,15,17H2,1-5H3/b23-14-. The Balaban J connectivity index is 2.08. The Morgan fingerprint density at radius 1 is 1.00 bits per heavy atom. The van der Waals surface area contributed by atoms with Crippen LogP contribution in [0.15, 0.2) is 54.7 Å². The van der Waals surface area contributed by atoms with E-state index in [-0.39, 0.29) is 24.9 Å². The van der Waals surface area contributed by atoms with E-state index in [1.807, 2.05) is 66.2 Å². The molecule has 0 N–H and O–H groups in total. The Bertz CT molecular complexity index is 1230. The van der Waals surface area contributed by atoms with Gasteiger partial charge >= 0.3 is 11.9 Å². The number of hydrogen-bond acceptors (Lipinski definition) is 5. The third-order valence-corrected chi connectivity index (χ3v) is 4.99. The van der Waals surface area contributed by atoms with Gasteiger partial charge in [-0.2, -0.15) is 0 Å². The first-order valence-corrected chi connectivity index (χ1v) is 10.8. The fraction of sp³-hybridized carbons (Fsp3) is 0.296. The van der Waals surface area contributed by atoms with Gasteiger partial charge in [0.2, 0.25) is 0 Å². The van der Waals surface area contributed by atoms with Crippen LogP contribution < -0.4 is 0 Å². The number of esters is 2. The lowest BCUT2D eigenvalue weighted by molar-refractivity contribution is -0.155. The van der Waals surface area contributed by atoms with Crippen molar-refractivity contribution in [1.29, 1.82) is 0 Å². The van der Waals surface area contributed by atoms with Gasteiger partial charge in [-0.15, -0.1) is 0 Å². The number of Topliss-reactive ketones (excluding diaryl/α,β-unsaturated/α-hetero) is 1. The summed E-state index contributed by atoms with van der Waals surface area (Å²) in [6.45, 7) is 8.66. The highest BCUT2D eigenvalue weighted by molar-refractivity contribution is 6.29. The van der Waals surface area contributed by atoms with Crippen molar-refractivity contribution in [1.82, 2.24) is 4.57 Å². The van der Waals surface area contributed by atoms with Gasteiger partial charge in [-0.1, -0.05) is 42.5 Å². The highest BCUT2D eigenvalue weighted by atomic mass is 16.6. The first kappa shape index (κ1) is 24.0. The van der Waals surface area contributed by atoms with E-state index >= 15 is 0 Å². The number of hydrogen-bond donors (Lipinski definition) is 0. The Morgan fingerprint density at radius 2 is 1.67 bits per heavy atom. The van der Waals surface area contributed by atoms with Crippen LogP contribution in [0.1, 0.15) is 50.8 Å². The summed E-state index contributed by atoms with van der Waals surface area (Å²) in [7, 11) is 0. The van der Waals surface area contributed by atoms with Gasteiger partial charge in [-0.25, -0.2) is 0 Å². The second kappa shape index (κ2) is 9.86. The van der Waals surface area contributed by atoms with Gasteiger partial charge in [-0.05, 0) is 51.0 Å². The minimum atomic E-state index is -0.673. The van der Waals surface area contributed by atoms with Gasteiger partial charge in [0.15, 0.2) is 12.5 Å². The zero-order chi connectivity index (χ0) is 24.2. The number of nitrogens with zero attached hydrogens (tertiary/aromatic N) is 1. The van der Waals surface area contributed by atoms with Crippen molar-refractivity contribution in [3.63, 3.8) is 0 Å². The summed E-state index contributed by atoms with van der Waals surface area (Å²) in [5, 5.41) is 0.904. The second-order valence-corrected chi connectivity index (χ2v) is 8.90. The molecule has 0 saturated heterocycles. The van der Waals surface area contributed by atoms with Gasteiger partial charge in [0.1, 0.15) is 12.0 Å². The van der Waals surface area contributed by atoms with Gasteiger partial charge in [0.25, 0.3) is 0 Å². The average molecular weight is 448 g/mol. The van der Waals surface area contributed by atoms with Crippen molar-refractivity contribution in [3.8, 4) is 0 Å². The molecule has 0 saturated carbocycles. The number of rotatable bonds is 7. The van der Waals surface area contributed by atoms with Crippen LogP contribution in [0.25, 0.3) is 22.6 Å². The van der Waals surface area contributed by atoms with Crippen LogP contribution in [0, 0.1) is 6.92 Å². The molecule has 0 aliphatic heterocycles. The Kier molecular flexibility index (Phi) is 7.16. The van der Waals surface area contributed by atoms with E-state index in [1.165, 1.54) is 6.92 Å². The molecule has 2 aromatic carbocycles. The summed E-state index contributed by atoms with van der Waals surface area (Å²) in [5.41, 5.74) is 3.08. The summed E-state index contributed by atoms with van der Waals surface area (Å²) in [6.07, 6.45) is 3.28. The van der Waals surface area contributed by atoms with Crippen molar-refractivity contribution in [2.75, 3.05) is 0 Å². The lowest BCUT2D eigenvalue weighted by atomic mass is 9.94. The molecule has 0 aliphatic rings. The molecule has 0 atom stereocenters. The maximum Gasteiger partial charge on any atom is 0.314 e. The van der Waals surface area contributed by atoms with Crippen molar-refractivity contribution in [2.24, 2.45) is 0 Å². The highest BCUT2D eigenvalue weighted by Gasteiger charge is 2.23. The van der Waals surface area contributed by atoms with Gasteiger partial charge in [-0.3, -0.25) is 14.4 Å². The maximum absolute atomic E-state index is 13.3. The van der Waals surface area contributed by atoms with E-state index in [9.17, 15) is 14.4 Å². The van der Waals surface area contributed by atoms with Crippen molar-refractivity contribution >= 4 is 40.3 Å². The second-order valence-electron chi connectivity index (χ2n) is 8.90. The monoisotopic (exact) mass is 447 g/mol. The number of aryl methyl sites for hydroxylation is 1. The number of aromatic nitrogens is 1. The fourth-order valence-corrected chi connectivity index (χ4v) is 3.60. The van der Waals surface area contributed by atoms with Crippen LogP contribution in [-0.4, -0.2) is 27.9 Å². The number of benzene rings is 2. The number of para-hydroxylation sites is 1. The quantitative estimate of drug-likeness (QED) is 0.279. The smallest absolute Gasteiger partial charge is 0.314 e. The largest absolute Gasteiger partial charge is 0.460 e. The molecule has 0 spiro atoms. The van der Waals surface area contributed by atoms with Gasteiger partial charge in [0, 0.05) is 29.6 Å². The zero-order valence-corrected chi connectivity index (χ0v) is 19.7. The summed E-state index contributed by atoms with van der Waals surface area (Å²) >= 11 is 0. The van der Waals surface area contributed by atoms with Crippen LogP contribution in [-0.2, 0) is 30.6 Å². The molecule has 6 nitrogen and oxygen atoms in total. The minimum Gasteiger partial charge on any atom is -0.460 e. The Labute approximate surface area is 193 Å². The van der Waals surface area contributed by atoms with Crippen LogP contribution >= 0.6 is 0 Å². The minimum absolute atomic E-state index is 0.0647. The zero-order valence-electron chi connectivity index (χ0n) is 19.7. The molecule has 0 bridgehead atoms. The van der Waals surface area contributed by atoms with Crippen LogP contribution in [0.2, 0.25) is 0 Å². The van der Waals surface area contributed by atoms with Crippen molar-refractivity contribution in [2.45, 2.75) is 53.4 Å². The molecule has 1 aromatic heterocycles. The van der Waals surface area contributed by atoms with Gasteiger partial charge in [0.05, 0.1) is 5.52 Å². The molecular weight excluding hydrogens is 418 g/mol. The van der Waals surface area contributed by atoms with E-state index < -0.39 is 11.6 Å². The molecule has 0 aliphatic carbocycles. The molecule has 3 rings (SSSR count). The van der Waals surface area contributed by atoms with Crippen molar-refractivity contribution < 1.29 is 23.9 Å². The van der Waals surface area contributed by atoms with E-state index in [2.05, 4.69) is 0 Å². The van der Waals surface area contributed by atoms with E-state index in [1.54, 1.807) is 26.8 Å². The molecule has 0 unspecified atom stereocenters. The molecule has 0 amide bonds. The highest BCUT2D eigenvalue weighted by Crippen LogP contribution is 2.29. The summed E-state index contributed by atoms with van der Waals surface area (Å²) in [5.74, 6) is -1.27. The first-order chi connectivity index (χ1) is 15.5. The number of carbonyl (C=O) groups excluding carboxylic acids is 3. The number of ether oxygens (including phenoxy) is 2. The summed E-state index contributed by atoms with van der Waals surface area (Å²) < 4.78 is 12.4. The third-order valence-electron chi connectivity index (χ3n) is 4.99. The van der Waals surface area contributed by atoms with Crippen LogP contribution in [0.5, 0.6) is 0 Å². The topological polar surface area (TPSA) is 74.6 Å². The Hall–Kier alpha value is -3.67. The van der Waals surface area contributed by atoms with E-state index in [0.29, 0.717) is 5.57 Å². The predicted molar refractivity (Wildman–Crippen MR) is 128 cm³/mol. The first-order valence-electron chi connectivity index (χ1n) is 10.8. The van der Waals surface area contributed by atoms with Crippen LogP contribution in [0.3, 0.4) is 0 Å². The van der Waals surface area contributed by atoms with Crippen LogP contribution in [0.4, 0.5) is 0 Å². The normalized spacial score (nSPS) is 12.0. The lowest BCUT2D eigenvalue weighted by Crippen LogP contribution is -2.25. The summed E-state index contributed by atoms with van der Waals surface area (Å²) in [6, 6.07) is 15.2. The average Bonchev–Trinajstić information content (AvgIpc) is 3.07. The molecular formula is C27H29NO5. The van der Waals surface area contributed by atoms with E-state index in [4.69, 9.17) is 9.47 Å². The Morgan fingerprint density at radius 3 is 2.33 bits per heavy atom. The third kappa shape index (κ3) is 6.19.